The molecule has 1 aliphatic rings. The van der Waals surface area contributed by atoms with Crippen molar-refractivity contribution in [3.8, 4) is 0 Å². The van der Waals surface area contributed by atoms with Crippen molar-refractivity contribution in [2.75, 3.05) is 7.05 Å². The van der Waals surface area contributed by atoms with Gasteiger partial charge in [0.25, 0.3) is 5.91 Å². The molecule has 1 fully saturated rings. The Morgan fingerprint density at radius 3 is 2.70 bits per heavy atom. The highest BCUT2D eigenvalue weighted by Gasteiger charge is 2.35. The second-order valence-electron chi connectivity index (χ2n) is 4.85. The molecule has 1 amide bonds. The molecule has 0 bridgehead atoms. The molecule has 0 radical (unpaired) electrons. The van der Waals surface area contributed by atoms with Gasteiger partial charge in [-0.15, -0.1) is 0 Å². The number of carboxylic acids is 1. The van der Waals surface area contributed by atoms with Gasteiger partial charge < -0.3 is 14.7 Å². The zero-order valence-electron chi connectivity index (χ0n) is 11.1. The molecular weight excluding hydrogens is 282 g/mol. The minimum absolute atomic E-state index is 0.200. The summed E-state index contributed by atoms with van der Waals surface area (Å²) in [7, 11) is 1.67. The highest BCUT2D eigenvalue weighted by molar-refractivity contribution is 6.30. The van der Waals surface area contributed by atoms with Crippen LogP contribution >= 0.6 is 11.6 Å². The predicted octanol–water partition coefficient (Wildman–Crippen LogP) is 1.93. The second kappa shape index (κ2) is 6.24. The number of hydrogen-bond acceptors (Lipinski definition) is 3. The van der Waals surface area contributed by atoms with E-state index < -0.39 is 18.2 Å². The van der Waals surface area contributed by atoms with Crippen molar-refractivity contribution in [1.82, 2.24) is 4.90 Å². The smallest absolute Gasteiger partial charge is 0.332 e. The summed E-state index contributed by atoms with van der Waals surface area (Å²) in [6.45, 7) is 0.414. The first kappa shape index (κ1) is 14.8. The van der Waals surface area contributed by atoms with E-state index in [9.17, 15) is 9.59 Å². The predicted molar refractivity (Wildman–Crippen MR) is 73.5 cm³/mol. The average Bonchev–Trinajstić information content (AvgIpc) is 2.87. The Morgan fingerprint density at radius 1 is 1.40 bits per heavy atom. The minimum Gasteiger partial charge on any atom is -0.479 e. The lowest BCUT2D eigenvalue weighted by Crippen LogP contribution is -2.36. The molecule has 5 nitrogen and oxygen atoms in total. The number of rotatable bonds is 4. The quantitative estimate of drug-likeness (QED) is 0.922. The molecule has 1 N–H and O–H groups in total. The van der Waals surface area contributed by atoms with Gasteiger partial charge in [0.1, 0.15) is 6.10 Å². The van der Waals surface area contributed by atoms with Crippen LogP contribution in [0.2, 0.25) is 5.02 Å². The van der Waals surface area contributed by atoms with Crippen LogP contribution in [-0.4, -0.2) is 41.1 Å². The molecule has 2 rings (SSSR count). The molecule has 1 aliphatic heterocycles. The fourth-order valence-corrected chi connectivity index (χ4v) is 2.45. The van der Waals surface area contributed by atoms with Gasteiger partial charge in [-0.3, -0.25) is 4.79 Å². The Morgan fingerprint density at radius 2 is 2.10 bits per heavy atom. The highest BCUT2D eigenvalue weighted by Crippen LogP contribution is 2.22. The topological polar surface area (TPSA) is 66.8 Å². The van der Waals surface area contributed by atoms with Crippen LogP contribution in [-0.2, 0) is 20.9 Å². The van der Waals surface area contributed by atoms with E-state index in [-0.39, 0.29) is 5.91 Å². The van der Waals surface area contributed by atoms with Gasteiger partial charge in [0.05, 0.1) is 0 Å². The van der Waals surface area contributed by atoms with Gasteiger partial charge in [-0.1, -0.05) is 23.7 Å². The molecule has 108 valence electrons. The molecule has 20 heavy (non-hydrogen) atoms. The number of benzene rings is 1. The Balaban J connectivity index is 1.94. The number of aliphatic carboxylic acids is 1. The summed E-state index contributed by atoms with van der Waals surface area (Å²) < 4.78 is 5.25. The second-order valence-corrected chi connectivity index (χ2v) is 5.29. The van der Waals surface area contributed by atoms with Gasteiger partial charge >= 0.3 is 5.97 Å². The molecule has 2 unspecified atom stereocenters. The van der Waals surface area contributed by atoms with Crippen LogP contribution in [0.15, 0.2) is 24.3 Å². The van der Waals surface area contributed by atoms with E-state index in [1.165, 1.54) is 4.90 Å². The lowest BCUT2D eigenvalue weighted by atomic mass is 10.1. The van der Waals surface area contributed by atoms with Gasteiger partial charge in [0.2, 0.25) is 0 Å². The largest absolute Gasteiger partial charge is 0.479 e. The Hall–Kier alpha value is -1.59. The minimum atomic E-state index is -1.02. The number of carbonyl (C=O) groups is 2. The zero-order valence-corrected chi connectivity index (χ0v) is 11.8. The normalized spacial score (nSPS) is 21.7. The molecule has 1 heterocycles. The van der Waals surface area contributed by atoms with E-state index in [1.54, 1.807) is 19.2 Å². The number of ether oxygens (including phenoxy) is 1. The third kappa shape index (κ3) is 3.49. The highest BCUT2D eigenvalue weighted by atomic mass is 35.5. The van der Waals surface area contributed by atoms with Crippen LogP contribution in [0.5, 0.6) is 0 Å². The van der Waals surface area contributed by atoms with E-state index in [0.29, 0.717) is 24.4 Å². The van der Waals surface area contributed by atoms with Gasteiger partial charge in [-0.2, -0.15) is 0 Å². The number of likely N-dealkylation sites (N-methyl/N-ethyl adjacent to an activating group) is 1. The summed E-state index contributed by atoms with van der Waals surface area (Å²) in [5.41, 5.74) is 0.918. The summed E-state index contributed by atoms with van der Waals surface area (Å²) >= 11 is 5.90. The average molecular weight is 298 g/mol. The maximum absolute atomic E-state index is 12.2. The van der Waals surface area contributed by atoms with Gasteiger partial charge in [-0.05, 0) is 30.5 Å². The molecule has 1 aromatic rings. The van der Waals surface area contributed by atoms with E-state index in [4.69, 9.17) is 21.4 Å². The summed E-state index contributed by atoms with van der Waals surface area (Å²) in [4.78, 5) is 24.5. The number of nitrogens with zero attached hydrogens (tertiary/aromatic N) is 1. The summed E-state index contributed by atoms with van der Waals surface area (Å²) in [5, 5.41) is 9.47. The standard InChI is InChI=1S/C14H16ClNO4/c1-16(8-9-3-2-4-10(15)7-9)13(17)11-5-6-12(20-11)14(18)19/h2-4,7,11-12H,5-6,8H2,1H3,(H,18,19). The number of carbonyl (C=O) groups excluding carboxylic acids is 1. The van der Waals surface area contributed by atoms with Crippen molar-refractivity contribution in [1.29, 1.82) is 0 Å². The lowest BCUT2D eigenvalue weighted by Gasteiger charge is -2.21. The van der Waals surface area contributed by atoms with Crippen LogP contribution in [0.3, 0.4) is 0 Å². The van der Waals surface area contributed by atoms with Crippen molar-refractivity contribution in [2.45, 2.75) is 31.6 Å². The summed E-state index contributed by atoms with van der Waals surface area (Å²) in [6.07, 6.45) is -0.726. The third-order valence-electron chi connectivity index (χ3n) is 3.26. The van der Waals surface area contributed by atoms with Crippen LogP contribution in [0.4, 0.5) is 0 Å². The fraction of sp³-hybridized carbons (Fsp3) is 0.429. The molecule has 1 aromatic carbocycles. The summed E-state index contributed by atoms with van der Waals surface area (Å²) in [5.74, 6) is -1.22. The van der Waals surface area contributed by atoms with Crippen molar-refractivity contribution in [3.63, 3.8) is 0 Å². The zero-order chi connectivity index (χ0) is 14.7. The van der Waals surface area contributed by atoms with Gasteiger partial charge in [-0.25, -0.2) is 4.79 Å². The van der Waals surface area contributed by atoms with Crippen molar-refractivity contribution >= 4 is 23.5 Å². The van der Waals surface area contributed by atoms with Crippen LogP contribution in [0, 0.1) is 0 Å². The van der Waals surface area contributed by atoms with Crippen molar-refractivity contribution in [2.24, 2.45) is 0 Å². The first-order valence-electron chi connectivity index (χ1n) is 6.35. The molecule has 1 saturated heterocycles. The molecule has 0 spiro atoms. The fourth-order valence-electron chi connectivity index (χ4n) is 2.23. The first-order chi connectivity index (χ1) is 9.47. The van der Waals surface area contributed by atoms with Crippen molar-refractivity contribution < 1.29 is 19.4 Å². The monoisotopic (exact) mass is 297 g/mol. The number of hydrogen-bond donors (Lipinski definition) is 1. The third-order valence-corrected chi connectivity index (χ3v) is 3.49. The van der Waals surface area contributed by atoms with E-state index >= 15 is 0 Å². The molecule has 0 saturated carbocycles. The van der Waals surface area contributed by atoms with Gasteiger partial charge in [0.15, 0.2) is 6.10 Å². The van der Waals surface area contributed by atoms with E-state index in [1.807, 2.05) is 12.1 Å². The summed E-state index contributed by atoms with van der Waals surface area (Å²) in [6, 6.07) is 7.26. The lowest BCUT2D eigenvalue weighted by molar-refractivity contribution is -0.154. The Kier molecular flexibility index (Phi) is 4.62. The molecule has 0 aliphatic carbocycles. The number of halogens is 1. The maximum Gasteiger partial charge on any atom is 0.332 e. The van der Waals surface area contributed by atoms with Gasteiger partial charge in [0, 0.05) is 18.6 Å². The molecule has 6 heteroatoms. The Bertz CT molecular complexity index is 520. The molecular formula is C14H16ClNO4. The number of carboxylic acid groups (broad SMARTS) is 1. The molecule has 2 atom stereocenters. The first-order valence-corrected chi connectivity index (χ1v) is 6.73. The Labute approximate surface area is 122 Å². The van der Waals surface area contributed by atoms with Crippen LogP contribution in [0.1, 0.15) is 18.4 Å². The van der Waals surface area contributed by atoms with E-state index in [0.717, 1.165) is 5.56 Å². The van der Waals surface area contributed by atoms with Crippen molar-refractivity contribution in [3.05, 3.63) is 34.9 Å². The van der Waals surface area contributed by atoms with Crippen LogP contribution in [0.25, 0.3) is 0 Å². The molecule has 0 aromatic heterocycles. The SMILES string of the molecule is CN(Cc1cccc(Cl)c1)C(=O)C1CCC(C(=O)O)O1. The maximum atomic E-state index is 12.2. The van der Waals surface area contributed by atoms with Crippen LogP contribution < -0.4 is 0 Å². The number of amides is 1. The van der Waals surface area contributed by atoms with E-state index in [2.05, 4.69) is 0 Å².